The van der Waals surface area contributed by atoms with Crippen molar-refractivity contribution >= 4 is 16.9 Å². The third kappa shape index (κ3) is 1.96. The van der Waals surface area contributed by atoms with Gasteiger partial charge in [-0.2, -0.15) is 5.10 Å². The molecule has 3 aromatic heterocycles. The highest BCUT2D eigenvalue weighted by atomic mass is 15.3. The fourth-order valence-corrected chi connectivity index (χ4v) is 4.27. The van der Waals surface area contributed by atoms with Gasteiger partial charge in [-0.15, -0.1) is 0 Å². The van der Waals surface area contributed by atoms with Gasteiger partial charge in [0.2, 0.25) is 0 Å². The lowest BCUT2D eigenvalue weighted by Crippen LogP contribution is -2.26. The van der Waals surface area contributed by atoms with Crippen molar-refractivity contribution in [3.05, 3.63) is 29.7 Å². The average molecular weight is 323 g/mol. The lowest BCUT2D eigenvalue weighted by Gasteiger charge is -2.25. The molecule has 0 saturated carbocycles. The van der Waals surface area contributed by atoms with Crippen molar-refractivity contribution in [1.29, 1.82) is 0 Å². The molecule has 0 radical (unpaired) electrons. The summed E-state index contributed by atoms with van der Waals surface area (Å²) in [4.78, 5) is 16.2. The van der Waals surface area contributed by atoms with Gasteiger partial charge in [0.15, 0.2) is 5.65 Å². The number of H-pyrrole nitrogens is 1. The third-order valence-corrected chi connectivity index (χ3v) is 5.46. The first-order valence-electron chi connectivity index (χ1n) is 8.78. The SMILES string of the molecule is Cn1c(C2CCCN2c2ncnc3[nH]ncc23)nc2c1CCCC2. The number of nitrogens with one attached hydrogen (secondary N) is 1. The van der Waals surface area contributed by atoms with E-state index in [1.54, 1.807) is 6.33 Å². The minimum Gasteiger partial charge on any atom is -0.346 e. The summed E-state index contributed by atoms with van der Waals surface area (Å²) in [5.74, 6) is 2.16. The number of hydrogen-bond acceptors (Lipinski definition) is 5. The summed E-state index contributed by atoms with van der Waals surface area (Å²) in [6.07, 6.45) is 10.5. The third-order valence-electron chi connectivity index (χ3n) is 5.46. The van der Waals surface area contributed by atoms with E-state index in [4.69, 9.17) is 4.98 Å². The van der Waals surface area contributed by atoms with Crippen molar-refractivity contribution in [2.24, 2.45) is 7.05 Å². The molecule has 7 nitrogen and oxygen atoms in total. The van der Waals surface area contributed by atoms with Crippen LogP contribution in [0, 0.1) is 0 Å². The van der Waals surface area contributed by atoms with E-state index in [-0.39, 0.29) is 6.04 Å². The molecule has 1 fully saturated rings. The molecule has 3 aromatic rings. The van der Waals surface area contributed by atoms with E-state index in [9.17, 15) is 0 Å². The van der Waals surface area contributed by atoms with Crippen LogP contribution in [0.15, 0.2) is 12.5 Å². The van der Waals surface area contributed by atoms with Gasteiger partial charge in [0, 0.05) is 19.3 Å². The molecule has 1 aliphatic heterocycles. The van der Waals surface area contributed by atoms with Gasteiger partial charge in [-0.1, -0.05) is 0 Å². The predicted octanol–water partition coefficient (Wildman–Crippen LogP) is 2.31. The second-order valence-corrected chi connectivity index (χ2v) is 6.81. The second-order valence-electron chi connectivity index (χ2n) is 6.81. The molecule has 0 spiro atoms. The number of nitrogens with zero attached hydrogens (tertiary/aromatic N) is 6. The van der Waals surface area contributed by atoms with Crippen LogP contribution in [0.5, 0.6) is 0 Å². The number of rotatable bonds is 2. The molecule has 0 aromatic carbocycles. The van der Waals surface area contributed by atoms with Crippen molar-refractivity contribution in [3.8, 4) is 0 Å². The fraction of sp³-hybridized carbons (Fsp3) is 0.529. The maximum atomic E-state index is 5.03. The second kappa shape index (κ2) is 5.29. The first-order valence-corrected chi connectivity index (χ1v) is 8.78. The van der Waals surface area contributed by atoms with Gasteiger partial charge in [0.05, 0.1) is 23.3 Å². The van der Waals surface area contributed by atoms with E-state index in [1.165, 1.54) is 30.1 Å². The highest BCUT2D eigenvalue weighted by molar-refractivity contribution is 5.86. The van der Waals surface area contributed by atoms with E-state index in [0.29, 0.717) is 0 Å². The number of fused-ring (bicyclic) bond motifs is 2. The number of aromatic nitrogens is 6. The number of aryl methyl sites for hydroxylation is 1. The maximum absolute atomic E-state index is 5.03. The van der Waals surface area contributed by atoms with Gasteiger partial charge in [-0.05, 0) is 38.5 Å². The van der Waals surface area contributed by atoms with Gasteiger partial charge in [-0.3, -0.25) is 5.10 Å². The zero-order valence-electron chi connectivity index (χ0n) is 13.9. The highest BCUT2D eigenvalue weighted by Crippen LogP contribution is 2.38. The molecule has 24 heavy (non-hydrogen) atoms. The summed E-state index contributed by atoms with van der Waals surface area (Å²) >= 11 is 0. The Morgan fingerprint density at radius 3 is 3.00 bits per heavy atom. The van der Waals surface area contributed by atoms with Crippen LogP contribution in [0.3, 0.4) is 0 Å². The Bertz CT molecular complexity index is 894. The molecule has 0 amide bonds. The normalized spacial score (nSPS) is 20.7. The summed E-state index contributed by atoms with van der Waals surface area (Å²) in [6.45, 7) is 0.999. The van der Waals surface area contributed by atoms with Crippen LogP contribution in [0.2, 0.25) is 0 Å². The van der Waals surface area contributed by atoms with Crippen molar-refractivity contribution in [3.63, 3.8) is 0 Å². The van der Waals surface area contributed by atoms with Crippen LogP contribution in [0.25, 0.3) is 11.0 Å². The summed E-state index contributed by atoms with van der Waals surface area (Å²) in [6, 6.07) is 0.286. The smallest absolute Gasteiger partial charge is 0.160 e. The molecule has 1 aliphatic carbocycles. The Balaban J connectivity index is 1.59. The van der Waals surface area contributed by atoms with Gasteiger partial charge < -0.3 is 9.47 Å². The molecule has 1 N–H and O–H groups in total. The Kier molecular flexibility index (Phi) is 3.08. The van der Waals surface area contributed by atoms with E-state index in [0.717, 1.165) is 49.1 Å². The van der Waals surface area contributed by atoms with E-state index >= 15 is 0 Å². The molecular formula is C17H21N7. The van der Waals surface area contributed by atoms with E-state index in [2.05, 4.69) is 36.7 Å². The molecule has 1 atom stereocenters. The minimum atomic E-state index is 0.286. The summed E-state index contributed by atoms with van der Waals surface area (Å²) in [5.41, 5.74) is 3.53. The monoisotopic (exact) mass is 323 g/mol. The van der Waals surface area contributed by atoms with Gasteiger partial charge >= 0.3 is 0 Å². The van der Waals surface area contributed by atoms with Gasteiger partial charge in [0.25, 0.3) is 0 Å². The van der Waals surface area contributed by atoms with E-state index < -0.39 is 0 Å². The van der Waals surface area contributed by atoms with Crippen LogP contribution >= 0.6 is 0 Å². The molecule has 2 aliphatic rings. The molecule has 1 unspecified atom stereocenters. The number of aromatic amines is 1. The van der Waals surface area contributed by atoms with Crippen molar-refractivity contribution in [2.75, 3.05) is 11.4 Å². The van der Waals surface area contributed by atoms with Crippen molar-refractivity contribution in [2.45, 2.75) is 44.6 Å². The topological polar surface area (TPSA) is 75.5 Å². The predicted molar refractivity (Wildman–Crippen MR) is 90.9 cm³/mol. The summed E-state index contributed by atoms with van der Waals surface area (Å²) < 4.78 is 2.34. The first-order chi connectivity index (χ1) is 11.8. The van der Waals surface area contributed by atoms with E-state index in [1.807, 2.05) is 6.20 Å². The Morgan fingerprint density at radius 2 is 2.08 bits per heavy atom. The Labute approximate surface area is 140 Å². The first kappa shape index (κ1) is 13.9. The van der Waals surface area contributed by atoms with Crippen LogP contribution in [0.4, 0.5) is 5.82 Å². The van der Waals surface area contributed by atoms with Gasteiger partial charge in [-0.25, -0.2) is 15.0 Å². The van der Waals surface area contributed by atoms with Crippen molar-refractivity contribution in [1.82, 2.24) is 29.7 Å². The number of imidazole rings is 1. The average Bonchev–Trinajstić information content (AvgIpc) is 3.33. The standard InChI is InChI=1S/C17H21N7/c1-23-13-6-3-2-5-12(13)21-17(23)14-7-4-8-24(14)16-11-9-20-22-15(11)18-10-19-16/h9-10,14H,2-8H2,1H3,(H,18,19,20,22). The zero-order chi connectivity index (χ0) is 16.1. The van der Waals surface area contributed by atoms with Crippen LogP contribution in [-0.4, -0.2) is 36.3 Å². The van der Waals surface area contributed by atoms with Crippen molar-refractivity contribution < 1.29 is 0 Å². The largest absolute Gasteiger partial charge is 0.346 e. The molecule has 1 saturated heterocycles. The molecule has 124 valence electrons. The highest BCUT2D eigenvalue weighted by Gasteiger charge is 2.33. The molecular weight excluding hydrogens is 302 g/mol. The summed E-state index contributed by atoms with van der Waals surface area (Å²) in [5, 5.41) is 8.06. The van der Waals surface area contributed by atoms with Gasteiger partial charge in [0.1, 0.15) is 18.0 Å². The fourth-order valence-electron chi connectivity index (χ4n) is 4.27. The Morgan fingerprint density at radius 1 is 1.17 bits per heavy atom. The quantitative estimate of drug-likeness (QED) is 0.783. The van der Waals surface area contributed by atoms with Crippen LogP contribution < -0.4 is 4.90 Å². The minimum absolute atomic E-state index is 0.286. The van der Waals surface area contributed by atoms with Crippen LogP contribution in [0.1, 0.15) is 48.9 Å². The number of hydrogen-bond donors (Lipinski definition) is 1. The summed E-state index contributed by atoms with van der Waals surface area (Å²) in [7, 11) is 2.18. The van der Waals surface area contributed by atoms with Crippen LogP contribution in [-0.2, 0) is 19.9 Å². The zero-order valence-corrected chi connectivity index (χ0v) is 13.9. The Hall–Kier alpha value is -2.44. The lowest BCUT2D eigenvalue weighted by atomic mass is 10.0. The molecule has 5 rings (SSSR count). The lowest BCUT2D eigenvalue weighted by molar-refractivity contribution is 0.607. The molecule has 0 bridgehead atoms. The maximum Gasteiger partial charge on any atom is 0.160 e. The molecule has 7 heteroatoms. The number of anilines is 1. The molecule has 4 heterocycles.